The minimum Gasteiger partial charge on any atom is -0.497 e. The highest BCUT2D eigenvalue weighted by atomic mass is 16.5. The van der Waals surface area contributed by atoms with Crippen LogP contribution < -0.4 is 9.64 Å². The van der Waals surface area contributed by atoms with Gasteiger partial charge in [0, 0.05) is 45.0 Å². The molecule has 0 atom stereocenters. The van der Waals surface area contributed by atoms with E-state index in [9.17, 15) is 14.4 Å². The fraction of sp³-hybridized carbons (Fsp3) is 0.286. The van der Waals surface area contributed by atoms with Gasteiger partial charge in [-0.3, -0.25) is 23.7 Å². The molecule has 0 aliphatic carbocycles. The van der Waals surface area contributed by atoms with E-state index in [1.807, 2.05) is 6.92 Å². The van der Waals surface area contributed by atoms with Gasteiger partial charge in [0.25, 0.3) is 17.7 Å². The van der Waals surface area contributed by atoms with Crippen molar-refractivity contribution in [3.63, 3.8) is 0 Å². The number of rotatable bonds is 6. The predicted octanol–water partition coefficient (Wildman–Crippen LogP) is 3.37. The summed E-state index contributed by atoms with van der Waals surface area (Å²) in [6, 6.07) is 13.8. The van der Waals surface area contributed by atoms with Gasteiger partial charge in [-0.25, -0.2) is 4.98 Å². The summed E-state index contributed by atoms with van der Waals surface area (Å²) in [5.41, 5.74) is 2.36. The molecular formula is C28H29N5O5. The summed E-state index contributed by atoms with van der Waals surface area (Å²) >= 11 is 0. The average Bonchev–Trinajstić information content (AvgIpc) is 3.63. The fourth-order valence-electron chi connectivity index (χ4n) is 4.70. The number of amides is 3. The maximum atomic E-state index is 13.4. The quantitative estimate of drug-likeness (QED) is 0.390. The monoisotopic (exact) mass is 515 g/mol. The van der Waals surface area contributed by atoms with Gasteiger partial charge in [-0.2, -0.15) is 0 Å². The zero-order valence-corrected chi connectivity index (χ0v) is 21.6. The molecule has 0 radical (unpaired) electrons. The number of anilines is 1. The van der Waals surface area contributed by atoms with Crippen LogP contribution in [0.3, 0.4) is 0 Å². The smallest absolute Gasteiger partial charge is 0.289 e. The van der Waals surface area contributed by atoms with Gasteiger partial charge in [0.15, 0.2) is 5.76 Å². The van der Waals surface area contributed by atoms with Crippen LogP contribution in [0.4, 0.5) is 5.82 Å². The number of aryl methyl sites for hydroxylation is 1. The fourth-order valence-corrected chi connectivity index (χ4v) is 4.70. The van der Waals surface area contributed by atoms with Crippen LogP contribution in [0.5, 0.6) is 5.75 Å². The van der Waals surface area contributed by atoms with Crippen molar-refractivity contribution in [2.75, 3.05) is 45.2 Å². The normalized spacial score (nSPS) is 13.6. The molecule has 0 bridgehead atoms. The Morgan fingerprint density at radius 3 is 2.37 bits per heavy atom. The third-order valence-corrected chi connectivity index (χ3v) is 6.77. The van der Waals surface area contributed by atoms with Crippen LogP contribution >= 0.6 is 0 Å². The maximum absolute atomic E-state index is 13.4. The third-order valence-electron chi connectivity index (χ3n) is 6.77. The molecule has 3 amide bonds. The molecule has 10 nitrogen and oxygen atoms in total. The first-order chi connectivity index (χ1) is 18.4. The van der Waals surface area contributed by atoms with Gasteiger partial charge in [-0.05, 0) is 48.9 Å². The van der Waals surface area contributed by atoms with Crippen LogP contribution in [0.2, 0.25) is 0 Å². The first kappa shape index (κ1) is 25.1. The maximum Gasteiger partial charge on any atom is 0.289 e. The lowest BCUT2D eigenvalue weighted by atomic mass is 10.2. The molecule has 1 fully saturated rings. The van der Waals surface area contributed by atoms with E-state index < -0.39 is 0 Å². The lowest BCUT2D eigenvalue weighted by molar-refractivity contribution is 0.0518. The molecule has 1 aliphatic heterocycles. The molecule has 0 saturated carbocycles. The number of benzene rings is 1. The van der Waals surface area contributed by atoms with Crippen molar-refractivity contribution in [1.82, 2.24) is 19.2 Å². The lowest BCUT2D eigenvalue weighted by Gasteiger charge is -2.34. The van der Waals surface area contributed by atoms with Gasteiger partial charge in [-0.15, -0.1) is 0 Å². The molecule has 0 spiro atoms. The minimum atomic E-state index is -0.213. The Hall–Kier alpha value is -4.60. The average molecular weight is 516 g/mol. The number of carbonyl (C=O) groups excluding carboxylic acids is 3. The van der Waals surface area contributed by atoms with Crippen LogP contribution in [0, 0.1) is 0 Å². The van der Waals surface area contributed by atoms with E-state index in [1.165, 1.54) is 6.26 Å². The molecule has 10 heteroatoms. The van der Waals surface area contributed by atoms with Gasteiger partial charge >= 0.3 is 0 Å². The summed E-state index contributed by atoms with van der Waals surface area (Å²) in [7, 11) is 3.26. The Morgan fingerprint density at radius 2 is 1.71 bits per heavy atom. The number of hydrogen-bond acceptors (Lipinski definition) is 6. The second-order valence-electron chi connectivity index (χ2n) is 9.04. The van der Waals surface area contributed by atoms with Gasteiger partial charge in [0.1, 0.15) is 17.2 Å². The molecule has 0 unspecified atom stereocenters. The second kappa shape index (κ2) is 10.4. The van der Waals surface area contributed by atoms with E-state index in [0.717, 1.165) is 5.69 Å². The van der Waals surface area contributed by atoms with Gasteiger partial charge in [0.2, 0.25) is 0 Å². The number of ether oxygens (including phenoxy) is 1. The molecular weight excluding hydrogens is 486 g/mol. The molecule has 1 saturated heterocycles. The van der Waals surface area contributed by atoms with Crippen molar-refractivity contribution in [1.29, 1.82) is 0 Å². The van der Waals surface area contributed by atoms with Crippen LogP contribution in [0.1, 0.15) is 43.9 Å². The SMILES string of the molecule is CCc1nc2ccc(C(=O)N3CCN(C(=O)c4ccco4)CC3)cn2c1N(C)C(=O)c1cccc(OC)c1. The van der Waals surface area contributed by atoms with Crippen LogP contribution in [-0.4, -0.2) is 77.2 Å². The Labute approximate surface area is 220 Å². The van der Waals surface area contributed by atoms with E-state index >= 15 is 0 Å². The van der Waals surface area contributed by atoms with E-state index in [2.05, 4.69) is 0 Å². The zero-order valence-electron chi connectivity index (χ0n) is 21.6. The Kier molecular flexibility index (Phi) is 6.87. The van der Waals surface area contributed by atoms with Crippen LogP contribution in [-0.2, 0) is 6.42 Å². The largest absolute Gasteiger partial charge is 0.497 e. The summed E-state index contributed by atoms with van der Waals surface area (Å²) in [6.07, 6.45) is 3.82. The van der Waals surface area contributed by atoms with Crippen molar-refractivity contribution in [3.8, 4) is 5.75 Å². The summed E-state index contributed by atoms with van der Waals surface area (Å²) in [6.45, 7) is 3.64. The van der Waals surface area contributed by atoms with Crippen molar-refractivity contribution in [2.45, 2.75) is 13.3 Å². The van der Waals surface area contributed by atoms with E-state index in [4.69, 9.17) is 14.1 Å². The predicted molar refractivity (Wildman–Crippen MR) is 141 cm³/mol. The first-order valence-corrected chi connectivity index (χ1v) is 12.5. The highest BCUT2D eigenvalue weighted by Gasteiger charge is 2.28. The van der Waals surface area contributed by atoms with Gasteiger partial charge in [-0.1, -0.05) is 13.0 Å². The highest BCUT2D eigenvalue weighted by molar-refractivity contribution is 6.06. The number of fused-ring (bicyclic) bond motifs is 1. The standard InChI is InChI=1S/C28H29N5O5/c1-4-22-25(30(2)26(34)19-7-5-8-21(17-19)37-3)33-18-20(10-11-24(33)29-22)27(35)31-12-14-32(15-13-31)28(36)23-9-6-16-38-23/h5-11,16-18H,4,12-15H2,1-3H3. The second-order valence-corrected chi connectivity index (χ2v) is 9.04. The zero-order chi connectivity index (χ0) is 26.8. The van der Waals surface area contributed by atoms with Crippen LogP contribution in [0.15, 0.2) is 65.4 Å². The molecule has 4 aromatic rings. The summed E-state index contributed by atoms with van der Waals surface area (Å²) in [5.74, 6) is 0.964. The van der Waals surface area contributed by atoms with E-state index in [-0.39, 0.29) is 17.7 Å². The van der Waals surface area contributed by atoms with E-state index in [0.29, 0.717) is 66.7 Å². The van der Waals surface area contributed by atoms with Crippen molar-refractivity contribution >= 4 is 29.2 Å². The number of nitrogens with zero attached hydrogens (tertiary/aromatic N) is 5. The summed E-state index contributed by atoms with van der Waals surface area (Å²) < 4.78 is 12.3. The third kappa shape index (κ3) is 4.60. The number of pyridine rings is 1. The Bertz CT molecular complexity index is 1480. The molecule has 5 rings (SSSR count). The molecule has 4 heterocycles. The van der Waals surface area contributed by atoms with Crippen LogP contribution in [0.25, 0.3) is 5.65 Å². The number of methoxy groups -OCH3 is 1. The highest BCUT2D eigenvalue weighted by Crippen LogP contribution is 2.26. The number of imidazole rings is 1. The number of hydrogen-bond donors (Lipinski definition) is 0. The van der Waals surface area contributed by atoms with E-state index in [1.54, 1.807) is 88.0 Å². The lowest BCUT2D eigenvalue weighted by Crippen LogP contribution is -2.50. The molecule has 1 aromatic carbocycles. The van der Waals surface area contributed by atoms with Crippen molar-refractivity contribution in [3.05, 3.63) is 83.6 Å². The summed E-state index contributed by atoms with van der Waals surface area (Å²) in [4.78, 5) is 49.0. The van der Waals surface area contributed by atoms with Crippen molar-refractivity contribution < 1.29 is 23.5 Å². The molecule has 0 N–H and O–H groups in total. The van der Waals surface area contributed by atoms with Crippen molar-refractivity contribution in [2.24, 2.45) is 0 Å². The minimum absolute atomic E-state index is 0.142. The molecule has 3 aromatic heterocycles. The van der Waals surface area contributed by atoms with Gasteiger partial charge < -0.3 is 19.0 Å². The summed E-state index contributed by atoms with van der Waals surface area (Å²) in [5, 5.41) is 0. The molecule has 38 heavy (non-hydrogen) atoms. The Balaban J connectivity index is 1.38. The molecule has 1 aliphatic rings. The number of carbonyl (C=O) groups is 3. The topological polar surface area (TPSA) is 101 Å². The number of furan rings is 1. The Morgan fingerprint density at radius 1 is 0.974 bits per heavy atom. The molecule has 196 valence electrons. The first-order valence-electron chi connectivity index (χ1n) is 12.5. The number of aromatic nitrogens is 2. The van der Waals surface area contributed by atoms with Gasteiger partial charge in [0.05, 0.1) is 24.6 Å². The number of piperazine rings is 1.